The summed E-state index contributed by atoms with van der Waals surface area (Å²) in [7, 11) is 0. The average molecular weight is 325 g/mol. The van der Waals surface area contributed by atoms with Gasteiger partial charge in [0.1, 0.15) is 22.9 Å². The summed E-state index contributed by atoms with van der Waals surface area (Å²) in [6, 6.07) is 0. The topological polar surface area (TPSA) is 80.6 Å². The van der Waals surface area contributed by atoms with Crippen LogP contribution >= 0.6 is 0 Å². The van der Waals surface area contributed by atoms with Crippen molar-refractivity contribution in [2.45, 2.75) is 66.6 Å². The van der Waals surface area contributed by atoms with Gasteiger partial charge in [0, 0.05) is 5.92 Å². The Morgan fingerprint density at radius 2 is 1.48 bits per heavy atom. The zero-order valence-electron chi connectivity index (χ0n) is 15.3. The highest BCUT2D eigenvalue weighted by Gasteiger charge is 2.37. The van der Waals surface area contributed by atoms with E-state index in [1.54, 1.807) is 48.5 Å². The van der Waals surface area contributed by atoms with Crippen LogP contribution in [0, 0.1) is 5.92 Å². The molecule has 0 aromatic heterocycles. The van der Waals surface area contributed by atoms with Crippen molar-refractivity contribution >= 4 is 23.9 Å². The summed E-state index contributed by atoms with van der Waals surface area (Å²) >= 11 is 0. The van der Waals surface area contributed by atoms with E-state index < -0.39 is 23.4 Å². The molecular weight excluding hydrogens is 298 g/mol. The predicted octanol–water partition coefficient (Wildman–Crippen LogP) is 3.63. The van der Waals surface area contributed by atoms with Crippen LogP contribution in [0.2, 0.25) is 0 Å². The first-order valence-electron chi connectivity index (χ1n) is 7.66. The molecule has 0 radical (unpaired) electrons. The van der Waals surface area contributed by atoms with Crippen LogP contribution in [0.3, 0.4) is 0 Å². The first kappa shape index (κ1) is 19.1. The molecule has 0 fully saturated rings. The maximum absolute atomic E-state index is 12.5. The number of amidine groups is 2. The van der Waals surface area contributed by atoms with E-state index in [-0.39, 0.29) is 5.92 Å². The molecule has 7 nitrogen and oxygen atoms in total. The molecule has 1 heterocycles. The Labute approximate surface area is 137 Å². The lowest BCUT2D eigenvalue weighted by molar-refractivity contribution is 0.0139. The van der Waals surface area contributed by atoms with Gasteiger partial charge in [-0.3, -0.25) is 4.99 Å². The smallest absolute Gasteiger partial charge is 0.425 e. The minimum absolute atomic E-state index is 0.196. The zero-order chi connectivity index (χ0) is 18.0. The maximum atomic E-state index is 12.5. The minimum atomic E-state index is -0.799. The van der Waals surface area contributed by atoms with Gasteiger partial charge in [0.25, 0.3) is 0 Å². The van der Waals surface area contributed by atoms with Gasteiger partial charge in [0.05, 0.1) is 6.54 Å². The molecule has 0 aromatic rings. The van der Waals surface area contributed by atoms with E-state index in [2.05, 4.69) is 9.98 Å². The van der Waals surface area contributed by atoms with Gasteiger partial charge in [0.15, 0.2) is 0 Å². The molecule has 0 N–H and O–H groups in total. The number of carbonyl (C=O) groups excluding carboxylic acids is 2. The minimum Gasteiger partial charge on any atom is -0.443 e. The highest BCUT2D eigenvalue weighted by atomic mass is 16.6. The first-order valence-corrected chi connectivity index (χ1v) is 7.66. The van der Waals surface area contributed by atoms with E-state index >= 15 is 0 Å². The number of rotatable bonds is 0. The van der Waals surface area contributed by atoms with Crippen molar-refractivity contribution in [2.24, 2.45) is 15.9 Å². The lowest BCUT2D eigenvalue weighted by atomic mass is 10.1. The van der Waals surface area contributed by atoms with E-state index in [0.717, 1.165) is 4.90 Å². The average Bonchev–Trinajstić information content (AvgIpc) is 2.29. The standard InChI is InChI=1S/C16H27N3O4/c1-10-9-17-11(2)18-12(10)19(13(20)22-15(3,4)5)14(21)23-16(6,7)8/h10H,9H2,1-8H3. The van der Waals surface area contributed by atoms with Crippen LogP contribution in [0.1, 0.15) is 55.4 Å². The summed E-state index contributed by atoms with van der Waals surface area (Å²) in [4.78, 5) is 34.4. The lowest BCUT2D eigenvalue weighted by Gasteiger charge is -2.31. The van der Waals surface area contributed by atoms with Crippen LogP contribution < -0.4 is 0 Å². The van der Waals surface area contributed by atoms with Crippen LogP contribution in [-0.2, 0) is 9.47 Å². The summed E-state index contributed by atoms with van der Waals surface area (Å²) in [5.74, 6) is 0.606. The molecular formula is C16H27N3O4. The van der Waals surface area contributed by atoms with Crippen molar-refractivity contribution in [3.8, 4) is 0 Å². The number of hydrogen-bond acceptors (Lipinski definition) is 6. The molecule has 1 rings (SSSR count). The molecule has 7 heteroatoms. The normalized spacial score (nSPS) is 18.7. The molecule has 1 unspecified atom stereocenters. The number of amides is 2. The second-order valence-electron chi connectivity index (χ2n) is 7.56. The summed E-state index contributed by atoms with van der Waals surface area (Å²) in [5.41, 5.74) is -1.47. The molecule has 0 saturated carbocycles. The van der Waals surface area contributed by atoms with E-state index in [1.165, 1.54) is 0 Å². The van der Waals surface area contributed by atoms with Gasteiger partial charge in [-0.2, -0.15) is 4.90 Å². The fourth-order valence-electron chi connectivity index (χ4n) is 1.81. The summed E-state index contributed by atoms with van der Waals surface area (Å²) in [6.45, 7) is 14.4. The maximum Gasteiger partial charge on any atom is 0.425 e. The quantitative estimate of drug-likeness (QED) is 0.681. The van der Waals surface area contributed by atoms with Crippen molar-refractivity contribution in [1.29, 1.82) is 0 Å². The number of ether oxygens (including phenoxy) is 2. The molecule has 0 bridgehead atoms. The monoisotopic (exact) mass is 325 g/mol. The Bertz CT molecular complexity index is 511. The molecule has 1 atom stereocenters. The Balaban J connectivity index is 3.18. The summed E-state index contributed by atoms with van der Waals surface area (Å²) < 4.78 is 10.7. The molecule has 1 aliphatic rings. The molecule has 130 valence electrons. The predicted molar refractivity (Wildman–Crippen MR) is 88.9 cm³/mol. The van der Waals surface area contributed by atoms with Gasteiger partial charge in [0.2, 0.25) is 0 Å². The van der Waals surface area contributed by atoms with Crippen LogP contribution in [0.25, 0.3) is 0 Å². The molecule has 2 amide bonds. The van der Waals surface area contributed by atoms with E-state index in [9.17, 15) is 9.59 Å². The number of nitrogens with zero attached hydrogens (tertiary/aromatic N) is 3. The zero-order valence-corrected chi connectivity index (χ0v) is 15.3. The SMILES string of the molecule is CC1=NCC(C)C(N(C(=O)OC(C)(C)C)C(=O)OC(C)(C)C)=N1. The number of hydrogen-bond donors (Lipinski definition) is 0. The van der Waals surface area contributed by atoms with Crippen molar-refractivity contribution in [1.82, 2.24) is 4.90 Å². The number of imide groups is 1. The summed E-state index contributed by atoms with van der Waals surface area (Å²) in [6.07, 6.45) is -1.60. The molecule has 0 saturated heterocycles. The van der Waals surface area contributed by atoms with Gasteiger partial charge in [-0.15, -0.1) is 0 Å². The van der Waals surface area contributed by atoms with Crippen molar-refractivity contribution < 1.29 is 19.1 Å². The highest BCUT2D eigenvalue weighted by molar-refractivity contribution is 6.13. The second kappa shape index (κ2) is 6.68. The van der Waals surface area contributed by atoms with Crippen molar-refractivity contribution in [3.05, 3.63) is 0 Å². The third-order valence-electron chi connectivity index (χ3n) is 2.69. The molecule has 0 aromatic carbocycles. The van der Waals surface area contributed by atoms with Crippen molar-refractivity contribution in [2.75, 3.05) is 6.54 Å². The van der Waals surface area contributed by atoms with E-state index in [1.807, 2.05) is 6.92 Å². The Morgan fingerprint density at radius 3 is 1.87 bits per heavy atom. The Kier molecular flexibility index (Phi) is 5.56. The fraction of sp³-hybridized carbons (Fsp3) is 0.750. The van der Waals surface area contributed by atoms with Crippen molar-refractivity contribution in [3.63, 3.8) is 0 Å². The second-order valence-corrected chi connectivity index (χ2v) is 7.56. The molecule has 0 aliphatic carbocycles. The van der Waals surface area contributed by atoms with E-state index in [0.29, 0.717) is 18.2 Å². The van der Waals surface area contributed by atoms with Gasteiger partial charge < -0.3 is 9.47 Å². The van der Waals surface area contributed by atoms with Crippen LogP contribution in [0.15, 0.2) is 9.98 Å². The summed E-state index contributed by atoms with van der Waals surface area (Å²) in [5, 5.41) is 0. The fourth-order valence-corrected chi connectivity index (χ4v) is 1.81. The first-order chi connectivity index (χ1) is 10.3. The largest absolute Gasteiger partial charge is 0.443 e. The number of aliphatic imine (C=N–C) groups is 2. The Hall–Kier alpha value is -1.92. The van der Waals surface area contributed by atoms with Crippen LogP contribution in [-0.4, -0.2) is 46.5 Å². The molecule has 1 aliphatic heterocycles. The lowest BCUT2D eigenvalue weighted by Crippen LogP contribution is -2.50. The van der Waals surface area contributed by atoms with E-state index in [4.69, 9.17) is 9.47 Å². The van der Waals surface area contributed by atoms with Gasteiger partial charge in [-0.25, -0.2) is 14.6 Å². The van der Waals surface area contributed by atoms with Gasteiger partial charge in [-0.05, 0) is 48.5 Å². The third kappa shape index (κ3) is 6.00. The number of carbonyl (C=O) groups is 2. The highest BCUT2D eigenvalue weighted by Crippen LogP contribution is 2.19. The Morgan fingerprint density at radius 1 is 1.04 bits per heavy atom. The van der Waals surface area contributed by atoms with Gasteiger partial charge in [-0.1, -0.05) is 6.92 Å². The molecule has 0 spiro atoms. The van der Waals surface area contributed by atoms with Gasteiger partial charge >= 0.3 is 12.2 Å². The van der Waals surface area contributed by atoms with Crippen LogP contribution in [0.4, 0.5) is 9.59 Å². The van der Waals surface area contributed by atoms with Crippen LogP contribution in [0.5, 0.6) is 0 Å². The third-order valence-corrected chi connectivity index (χ3v) is 2.69. The molecule has 23 heavy (non-hydrogen) atoms.